The molecule has 1 aromatic heterocycles. The highest BCUT2D eigenvalue weighted by Crippen LogP contribution is 2.37. The van der Waals surface area contributed by atoms with E-state index < -0.39 is 0 Å². The third-order valence-corrected chi connectivity index (χ3v) is 4.97. The second-order valence-corrected chi connectivity index (χ2v) is 6.87. The Hall–Kier alpha value is -3.44. The molecule has 0 saturated carbocycles. The maximum Gasteiger partial charge on any atom is 0.324 e. The summed E-state index contributed by atoms with van der Waals surface area (Å²) in [7, 11) is 0. The number of benzene rings is 3. The van der Waals surface area contributed by atoms with Crippen molar-refractivity contribution in [3.63, 3.8) is 0 Å². The minimum Gasteiger partial charge on any atom is -0.308 e. The largest absolute Gasteiger partial charge is 0.324 e. The van der Waals surface area contributed by atoms with Gasteiger partial charge in [0.2, 0.25) is 0 Å². The van der Waals surface area contributed by atoms with Crippen LogP contribution in [0.4, 0.5) is 15.5 Å². The fourth-order valence-corrected chi connectivity index (χ4v) is 3.68. The van der Waals surface area contributed by atoms with Crippen molar-refractivity contribution in [2.75, 3.05) is 10.6 Å². The van der Waals surface area contributed by atoms with Gasteiger partial charge in [0.05, 0.1) is 0 Å². The molecule has 4 rings (SSSR count). The Morgan fingerprint density at radius 1 is 0.704 bits per heavy atom. The number of nitrogens with one attached hydrogen (secondary N) is 2. The zero-order valence-corrected chi connectivity index (χ0v) is 15.2. The van der Waals surface area contributed by atoms with Gasteiger partial charge < -0.3 is 5.32 Å². The van der Waals surface area contributed by atoms with Gasteiger partial charge in [0, 0.05) is 16.8 Å². The molecule has 4 aromatic rings. The van der Waals surface area contributed by atoms with E-state index in [2.05, 4.69) is 10.6 Å². The monoisotopic (exact) mass is 371 g/mol. The summed E-state index contributed by atoms with van der Waals surface area (Å²) in [6.45, 7) is 0. The zero-order chi connectivity index (χ0) is 18.5. The highest BCUT2D eigenvalue weighted by Gasteiger charge is 2.16. The van der Waals surface area contributed by atoms with Crippen LogP contribution in [0.2, 0.25) is 0 Å². The van der Waals surface area contributed by atoms with Gasteiger partial charge in [0.15, 0.2) is 0 Å². The van der Waals surface area contributed by atoms with Crippen molar-refractivity contribution in [1.82, 2.24) is 4.98 Å². The van der Waals surface area contributed by atoms with E-state index in [1.165, 1.54) is 11.3 Å². The smallest absolute Gasteiger partial charge is 0.308 e. The lowest BCUT2D eigenvalue weighted by Crippen LogP contribution is -2.19. The van der Waals surface area contributed by atoms with Crippen LogP contribution in [0.1, 0.15) is 0 Å². The second-order valence-electron chi connectivity index (χ2n) is 5.87. The summed E-state index contributed by atoms with van der Waals surface area (Å²) in [5, 5.41) is 7.38. The molecule has 2 N–H and O–H groups in total. The number of carbonyl (C=O) groups excluding carboxylic acids is 1. The van der Waals surface area contributed by atoms with Crippen LogP contribution in [0.5, 0.6) is 0 Å². The summed E-state index contributed by atoms with van der Waals surface area (Å²) in [4.78, 5) is 17.3. The fraction of sp³-hybridized carbons (Fsp3) is 0. The van der Waals surface area contributed by atoms with E-state index in [-0.39, 0.29) is 6.03 Å². The molecule has 0 saturated heterocycles. The molecule has 5 heteroatoms. The summed E-state index contributed by atoms with van der Waals surface area (Å²) in [5.74, 6) is 0. The Bertz CT molecular complexity index is 1030. The first kappa shape index (κ1) is 17.0. The van der Waals surface area contributed by atoms with E-state index in [4.69, 9.17) is 4.98 Å². The number of urea groups is 1. The molecule has 0 unspecified atom stereocenters. The zero-order valence-electron chi connectivity index (χ0n) is 14.4. The minimum atomic E-state index is -0.290. The van der Waals surface area contributed by atoms with Crippen LogP contribution in [-0.4, -0.2) is 11.0 Å². The van der Waals surface area contributed by atoms with Gasteiger partial charge in [-0.15, -0.1) is 0 Å². The lowest BCUT2D eigenvalue weighted by atomic mass is 10.1. The summed E-state index contributed by atoms with van der Waals surface area (Å²) in [6, 6.07) is 28.9. The SMILES string of the molecule is O=C(Nc1ccccc1)Nc1sc(-c2ccccc2)nc1-c1ccccc1. The van der Waals surface area contributed by atoms with Crippen molar-refractivity contribution < 1.29 is 4.79 Å². The number of para-hydroxylation sites is 1. The van der Waals surface area contributed by atoms with Crippen molar-refractivity contribution in [3.8, 4) is 21.8 Å². The third-order valence-electron chi connectivity index (χ3n) is 3.95. The molecular formula is C22H17N3OS. The molecule has 1 heterocycles. The number of rotatable bonds is 4. The van der Waals surface area contributed by atoms with E-state index in [9.17, 15) is 4.79 Å². The minimum absolute atomic E-state index is 0.290. The van der Waals surface area contributed by atoms with Crippen LogP contribution in [0.25, 0.3) is 21.8 Å². The van der Waals surface area contributed by atoms with Crippen molar-refractivity contribution in [3.05, 3.63) is 91.0 Å². The number of hydrogen-bond acceptors (Lipinski definition) is 3. The molecule has 2 amide bonds. The topological polar surface area (TPSA) is 54.0 Å². The van der Waals surface area contributed by atoms with Crippen LogP contribution < -0.4 is 10.6 Å². The molecule has 0 aliphatic carbocycles. The Morgan fingerprint density at radius 3 is 1.89 bits per heavy atom. The molecule has 0 spiro atoms. The van der Waals surface area contributed by atoms with E-state index in [1.807, 2.05) is 91.0 Å². The highest BCUT2D eigenvalue weighted by molar-refractivity contribution is 7.19. The van der Waals surface area contributed by atoms with Gasteiger partial charge in [0.25, 0.3) is 0 Å². The Kier molecular flexibility index (Phi) is 4.94. The first-order chi connectivity index (χ1) is 13.3. The molecule has 132 valence electrons. The van der Waals surface area contributed by atoms with Crippen LogP contribution in [0.3, 0.4) is 0 Å². The van der Waals surface area contributed by atoms with Crippen molar-refractivity contribution in [2.24, 2.45) is 0 Å². The van der Waals surface area contributed by atoms with Gasteiger partial charge in [-0.25, -0.2) is 9.78 Å². The molecular weight excluding hydrogens is 354 g/mol. The van der Waals surface area contributed by atoms with E-state index in [1.54, 1.807) is 0 Å². The number of nitrogens with zero attached hydrogens (tertiary/aromatic N) is 1. The number of carbonyl (C=O) groups is 1. The maximum atomic E-state index is 12.5. The Morgan fingerprint density at radius 2 is 1.26 bits per heavy atom. The average Bonchev–Trinajstić information content (AvgIpc) is 3.14. The summed E-state index contributed by atoms with van der Waals surface area (Å²) >= 11 is 1.46. The molecule has 0 radical (unpaired) electrons. The Balaban J connectivity index is 1.66. The normalized spacial score (nSPS) is 10.4. The van der Waals surface area contributed by atoms with Crippen LogP contribution in [0.15, 0.2) is 91.0 Å². The molecule has 3 aromatic carbocycles. The molecule has 0 aliphatic heterocycles. The van der Waals surface area contributed by atoms with E-state index in [0.717, 1.165) is 27.5 Å². The van der Waals surface area contributed by atoms with Gasteiger partial charge in [0.1, 0.15) is 15.7 Å². The second kappa shape index (κ2) is 7.85. The van der Waals surface area contributed by atoms with Crippen LogP contribution >= 0.6 is 11.3 Å². The first-order valence-electron chi connectivity index (χ1n) is 8.54. The summed E-state index contributed by atoms with van der Waals surface area (Å²) < 4.78 is 0. The highest BCUT2D eigenvalue weighted by atomic mass is 32.1. The standard InChI is InChI=1S/C22H17N3OS/c26-22(23-18-14-8-3-9-15-18)25-21-19(16-10-4-1-5-11-16)24-20(27-21)17-12-6-2-7-13-17/h1-15H,(H2,23,25,26). The van der Waals surface area contributed by atoms with Gasteiger partial charge in [-0.3, -0.25) is 5.32 Å². The number of amides is 2. The van der Waals surface area contributed by atoms with Crippen molar-refractivity contribution in [1.29, 1.82) is 0 Å². The van der Waals surface area contributed by atoms with Crippen molar-refractivity contribution >= 4 is 28.1 Å². The third kappa shape index (κ3) is 4.04. The Labute approximate surface area is 161 Å². The van der Waals surface area contributed by atoms with E-state index in [0.29, 0.717) is 5.00 Å². The summed E-state index contributed by atoms with van der Waals surface area (Å²) in [5.41, 5.74) is 3.49. The molecule has 0 atom stereocenters. The van der Waals surface area contributed by atoms with Gasteiger partial charge >= 0.3 is 6.03 Å². The van der Waals surface area contributed by atoms with E-state index >= 15 is 0 Å². The van der Waals surface area contributed by atoms with Crippen LogP contribution in [0, 0.1) is 0 Å². The lowest BCUT2D eigenvalue weighted by Gasteiger charge is -2.07. The quantitative estimate of drug-likeness (QED) is 0.454. The van der Waals surface area contributed by atoms with Gasteiger partial charge in [-0.1, -0.05) is 90.2 Å². The summed E-state index contributed by atoms with van der Waals surface area (Å²) in [6.07, 6.45) is 0. The van der Waals surface area contributed by atoms with Gasteiger partial charge in [-0.2, -0.15) is 0 Å². The molecule has 0 bridgehead atoms. The molecule has 0 fully saturated rings. The predicted molar refractivity (Wildman–Crippen MR) is 112 cm³/mol. The molecule has 4 nitrogen and oxygen atoms in total. The number of aromatic nitrogens is 1. The van der Waals surface area contributed by atoms with Crippen LogP contribution in [-0.2, 0) is 0 Å². The molecule has 0 aliphatic rings. The maximum absolute atomic E-state index is 12.5. The van der Waals surface area contributed by atoms with Crippen molar-refractivity contribution in [2.45, 2.75) is 0 Å². The predicted octanol–water partition coefficient (Wildman–Crippen LogP) is 6.12. The molecule has 27 heavy (non-hydrogen) atoms. The van der Waals surface area contributed by atoms with Gasteiger partial charge in [-0.05, 0) is 12.1 Å². The fourth-order valence-electron chi connectivity index (χ4n) is 2.69. The number of thiazole rings is 1. The average molecular weight is 371 g/mol. The first-order valence-corrected chi connectivity index (χ1v) is 9.36. The lowest BCUT2D eigenvalue weighted by molar-refractivity contribution is 0.262. The number of anilines is 2. The number of hydrogen-bond donors (Lipinski definition) is 2.